The second-order valence-corrected chi connectivity index (χ2v) is 8.81. The van der Waals surface area contributed by atoms with Crippen LogP contribution in [0.2, 0.25) is 0 Å². The number of carbonyl (C=O) groups excluding carboxylic acids is 1. The average Bonchev–Trinajstić information content (AvgIpc) is 3.09. The molecule has 1 amide bonds. The van der Waals surface area contributed by atoms with Gasteiger partial charge in [0.25, 0.3) is 5.91 Å². The number of amides is 1. The summed E-state index contributed by atoms with van der Waals surface area (Å²) >= 11 is 0. The number of fused-ring (bicyclic) bond motifs is 1. The van der Waals surface area contributed by atoms with Crippen molar-refractivity contribution < 1.29 is 4.79 Å². The van der Waals surface area contributed by atoms with Gasteiger partial charge in [-0.2, -0.15) is 5.10 Å². The van der Waals surface area contributed by atoms with Gasteiger partial charge in [0.15, 0.2) is 5.65 Å². The molecule has 2 aromatic heterocycles. The molecule has 164 valence electrons. The summed E-state index contributed by atoms with van der Waals surface area (Å²) in [7, 11) is 0. The van der Waals surface area contributed by atoms with Crippen molar-refractivity contribution in [2.24, 2.45) is 0 Å². The van der Waals surface area contributed by atoms with Crippen LogP contribution in [0.5, 0.6) is 0 Å². The Kier molecular flexibility index (Phi) is 6.37. The normalized spacial score (nSPS) is 17.2. The highest BCUT2D eigenvalue weighted by atomic mass is 16.1. The lowest BCUT2D eigenvalue weighted by molar-refractivity contribution is 0.0947. The van der Waals surface area contributed by atoms with Crippen LogP contribution in [-0.4, -0.2) is 51.1 Å². The maximum absolute atomic E-state index is 12.8. The summed E-state index contributed by atoms with van der Waals surface area (Å²) in [5, 5.41) is 7.77. The number of aryl methyl sites for hydroxylation is 3. The molecule has 1 atom stereocenters. The molecule has 0 spiro atoms. The topological polar surface area (TPSA) is 62.5 Å². The zero-order valence-corrected chi connectivity index (χ0v) is 19.1. The van der Waals surface area contributed by atoms with Crippen molar-refractivity contribution in [1.29, 1.82) is 0 Å². The molecule has 3 heterocycles. The van der Waals surface area contributed by atoms with Crippen LogP contribution in [-0.2, 0) is 0 Å². The Morgan fingerprint density at radius 2 is 2.06 bits per heavy atom. The second kappa shape index (κ2) is 9.18. The van der Waals surface area contributed by atoms with E-state index in [9.17, 15) is 4.79 Å². The molecular weight excluding hydrogens is 386 g/mol. The van der Waals surface area contributed by atoms with E-state index in [4.69, 9.17) is 5.10 Å². The Morgan fingerprint density at radius 1 is 1.23 bits per heavy atom. The third kappa shape index (κ3) is 4.49. The van der Waals surface area contributed by atoms with Gasteiger partial charge in [-0.3, -0.25) is 4.79 Å². The monoisotopic (exact) mass is 419 g/mol. The molecule has 0 radical (unpaired) electrons. The molecule has 1 aromatic carbocycles. The van der Waals surface area contributed by atoms with E-state index in [0.29, 0.717) is 18.2 Å². The summed E-state index contributed by atoms with van der Waals surface area (Å²) in [5.41, 5.74) is 6.41. The van der Waals surface area contributed by atoms with Gasteiger partial charge in [0.05, 0.1) is 17.0 Å². The van der Waals surface area contributed by atoms with Crippen LogP contribution in [0.1, 0.15) is 59.9 Å². The van der Waals surface area contributed by atoms with Crippen molar-refractivity contribution in [3.63, 3.8) is 0 Å². The summed E-state index contributed by atoms with van der Waals surface area (Å²) in [5.74, 6) is -0.0798. The van der Waals surface area contributed by atoms with Crippen LogP contribution >= 0.6 is 0 Å². The zero-order valence-electron chi connectivity index (χ0n) is 19.1. The van der Waals surface area contributed by atoms with E-state index in [-0.39, 0.29) is 5.91 Å². The van der Waals surface area contributed by atoms with Gasteiger partial charge in [0.2, 0.25) is 0 Å². The fourth-order valence-corrected chi connectivity index (χ4v) is 4.63. The van der Waals surface area contributed by atoms with E-state index in [0.717, 1.165) is 41.1 Å². The first kappa shape index (κ1) is 21.5. The smallest absolute Gasteiger partial charge is 0.254 e. The number of nitrogens with zero attached hydrogens (tertiary/aromatic N) is 4. The molecule has 0 aliphatic carbocycles. The first-order chi connectivity index (χ1) is 15.0. The van der Waals surface area contributed by atoms with Crippen LogP contribution in [0.3, 0.4) is 0 Å². The number of benzene rings is 1. The SMILES string of the molecule is Cc1cccc(-c2c(C)nn3c(C)c(C(=O)NCCCN4CCCCC4C)cnc23)c1. The van der Waals surface area contributed by atoms with Crippen molar-refractivity contribution in [1.82, 2.24) is 24.8 Å². The van der Waals surface area contributed by atoms with Gasteiger partial charge >= 0.3 is 0 Å². The summed E-state index contributed by atoms with van der Waals surface area (Å²) in [6.07, 6.45) is 6.55. The highest BCUT2D eigenvalue weighted by Gasteiger charge is 2.20. The van der Waals surface area contributed by atoms with Crippen molar-refractivity contribution in [3.05, 3.63) is 53.0 Å². The summed E-state index contributed by atoms with van der Waals surface area (Å²) < 4.78 is 1.80. The van der Waals surface area contributed by atoms with E-state index in [1.54, 1.807) is 10.7 Å². The summed E-state index contributed by atoms with van der Waals surface area (Å²) in [6.45, 7) is 11.2. The third-order valence-electron chi connectivity index (χ3n) is 6.46. The Bertz CT molecular complexity index is 1090. The van der Waals surface area contributed by atoms with Gasteiger partial charge in [0.1, 0.15) is 0 Å². The minimum Gasteiger partial charge on any atom is -0.352 e. The minimum atomic E-state index is -0.0798. The first-order valence-electron chi connectivity index (χ1n) is 11.4. The van der Waals surface area contributed by atoms with Crippen LogP contribution in [0.15, 0.2) is 30.5 Å². The number of hydrogen-bond donors (Lipinski definition) is 1. The molecule has 4 rings (SSSR count). The molecule has 1 N–H and O–H groups in total. The highest BCUT2D eigenvalue weighted by Crippen LogP contribution is 2.28. The Labute approximate surface area is 184 Å². The Balaban J connectivity index is 1.47. The van der Waals surface area contributed by atoms with Gasteiger partial charge in [0, 0.05) is 30.9 Å². The highest BCUT2D eigenvalue weighted by molar-refractivity contribution is 5.95. The molecule has 31 heavy (non-hydrogen) atoms. The number of likely N-dealkylation sites (tertiary alicyclic amines) is 1. The summed E-state index contributed by atoms with van der Waals surface area (Å²) in [6, 6.07) is 9.01. The molecule has 1 saturated heterocycles. The zero-order chi connectivity index (χ0) is 22.0. The summed E-state index contributed by atoms with van der Waals surface area (Å²) in [4.78, 5) is 20.0. The molecule has 6 heteroatoms. The van der Waals surface area contributed by atoms with E-state index < -0.39 is 0 Å². The fourth-order valence-electron chi connectivity index (χ4n) is 4.63. The maximum atomic E-state index is 12.8. The maximum Gasteiger partial charge on any atom is 0.254 e. The molecule has 0 bridgehead atoms. The lowest BCUT2D eigenvalue weighted by Crippen LogP contribution is -2.39. The van der Waals surface area contributed by atoms with Crippen LogP contribution < -0.4 is 5.32 Å². The molecule has 1 aliphatic heterocycles. The van der Waals surface area contributed by atoms with Crippen molar-refractivity contribution >= 4 is 11.6 Å². The van der Waals surface area contributed by atoms with Gasteiger partial charge in [-0.1, -0.05) is 36.2 Å². The Hall–Kier alpha value is -2.73. The number of hydrogen-bond acceptors (Lipinski definition) is 4. The van der Waals surface area contributed by atoms with Crippen molar-refractivity contribution in [2.45, 2.75) is 59.4 Å². The van der Waals surface area contributed by atoms with E-state index in [1.807, 2.05) is 19.9 Å². The molecule has 1 aliphatic rings. The van der Waals surface area contributed by atoms with Gasteiger partial charge < -0.3 is 10.2 Å². The van der Waals surface area contributed by atoms with Gasteiger partial charge in [-0.15, -0.1) is 0 Å². The van der Waals surface area contributed by atoms with Crippen molar-refractivity contribution in [2.75, 3.05) is 19.6 Å². The molecule has 6 nitrogen and oxygen atoms in total. The third-order valence-corrected chi connectivity index (χ3v) is 6.46. The predicted octanol–water partition coefficient (Wildman–Crippen LogP) is 4.32. The quantitative estimate of drug-likeness (QED) is 0.605. The number of piperidine rings is 1. The second-order valence-electron chi connectivity index (χ2n) is 8.81. The minimum absolute atomic E-state index is 0.0798. The van der Waals surface area contributed by atoms with Gasteiger partial charge in [-0.05, 0) is 59.1 Å². The van der Waals surface area contributed by atoms with E-state index in [2.05, 4.69) is 47.2 Å². The van der Waals surface area contributed by atoms with E-state index >= 15 is 0 Å². The lowest BCUT2D eigenvalue weighted by atomic mass is 10.0. The number of carbonyl (C=O) groups is 1. The van der Waals surface area contributed by atoms with Crippen LogP contribution in [0, 0.1) is 20.8 Å². The lowest BCUT2D eigenvalue weighted by Gasteiger charge is -2.33. The van der Waals surface area contributed by atoms with Gasteiger partial charge in [-0.25, -0.2) is 9.50 Å². The largest absolute Gasteiger partial charge is 0.352 e. The fraction of sp³-hybridized carbons (Fsp3) is 0.480. The standard InChI is InChI=1S/C25H33N5O/c1-17-9-7-11-21(15-17)23-19(3)28-30-20(4)22(16-27-24(23)30)25(31)26-12-8-14-29-13-6-5-10-18(29)2/h7,9,11,15-16,18H,5-6,8,10,12-14H2,1-4H3,(H,26,31). The molecule has 3 aromatic rings. The van der Waals surface area contributed by atoms with Crippen LogP contribution in [0.4, 0.5) is 0 Å². The molecular formula is C25H33N5O. The number of aromatic nitrogens is 3. The number of nitrogens with one attached hydrogen (secondary N) is 1. The molecule has 1 fully saturated rings. The predicted molar refractivity (Wildman–Crippen MR) is 124 cm³/mol. The number of rotatable bonds is 6. The van der Waals surface area contributed by atoms with Crippen molar-refractivity contribution in [3.8, 4) is 11.1 Å². The average molecular weight is 420 g/mol. The molecule has 1 unspecified atom stereocenters. The van der Waals surface area contributed by atoms with Crippen LogP contribution in [0.25, 0.3) is 16.8 Å². The molecule has 0 saturated carbocycles. The first-order valence-corrected chi connectivity index (χ1v) is 11.4. The van der Waals surface area contributed by atoms with E-state index in [1.165, 1.54) is 31.4 Å². The Morgan fingerprint density at radius 3 is 2.84 bits per heavy atom.